The van der Waals surface area contributed by atoms with Gasteiger partial charge in [-0.1, -0.05) is 35.3 Å². The van der Waals surface area contributed by atoms with Gasteiger partial charge in [-0.25, -0.2) is 4.79 Å². The fourth-order valence-corrected chi connectivity index (χ4v) is 2.90. The quantitative estimate of drug-likeness (QED) is 0.190. The minimum Gasteiger partial charge on any atom is -0.413 e. The van der Waals surface area contributed by atoms with Crippen molar-refractivity contribution in [1.82, 2.24) is 4.98 Å². The normalized spacial score (nSPS) is 11.4. The molecule has 0 fully saturated rings. The predicted molar refractivity (Wildman–Crippen MR) is 104 cm³/mol. The van der Waals surface area contributed by atoms with Crippen molar-refractivity contribution in [3.63, 3.8) is 0 Å². The number of nitro benzene ring substituents is 1. The first kappa shape index (κ1) is 18.8. The van der Waals surface area contributed by atoms with Crippen LogP contribution >= 0.6 is 23.2 Å². The smallest absolute Gasteiger partial charge is 0.339 e. The summed E-state index contributed by atoms with van der Waals surface area (Å²) >= 11 is 12.0. The molecule has 2 aromatic carbocycles. The Morgan fingerprint density at radius 3 is 2.70 bits per heavy atom. The van der Waals surface area contributed by atoms with Crippen LogP contribution in [0.5, 0.6) is 5.75 Å². The Bertz CT molecular complexity index is 1100. The molecule has 3 aromatic rings. The number of fused-ring (bicyclic) bond motifs is 1. The zero-order valence-electron chi connectivity index (χ0n) is 14.0. The molecule has 136 valence electrons. The molecule has 8 heteroatoms. The van der Waals surface area contributed by atoms with Crippen LogP contribution in [0.3, 0.4) is 0 Å². The highest BCUT2D eigenvalue weighted by atomic mass is 35.5. The Morgan fingerprint density at radius 2 is 2.00 bits per heavy atom. The minimum atomic E-state index is -0.748. The summed E-state index contributed by atoms with van der Waals surface area (Å²) in [6.07, 6.45) is 2.99. The first-order valence-corrected chi connectivity index (χ1v) is 8.50. The molecule has 0 bridgehead atoms. The van der Waals surface area contributed by atoms with Crippen molar-refractivity contribution in [3.8, 4) is 5.75 Å². The van der Waals surface area contributed by atoms with E-state index >= 15 is 0 Å². The third-order valence-electron chi connectivity index (χ3n) is 3.76. The van der Waals surface area contributed by atoms with Crippen molar-refractivity contribution in [3.05, 3.63) is 80.0 Å². The summed E-state index contributed by atoms with van der Waals surface area (Å²) in [5.41, 5.74) is 0.673. The molecule has 0 spiro atoms. The molecule has 0 unspecified atom stereocenters. The van der Waals surface area contributed by atoms with Gasteiger partial charge >= 0.3 is 11.7 Å². The number of carbonyl (C=O) groups excluding carboxylic acids is 1. The van der Waals surface area contributed by atoms with Crippen LogP contribution in [0.4, 0.5) is 5.69 Å². The molecule has 0 atom stereocenters. The van der Waals surface area contributed by atoms with E-state index in [1.165, 1.54) is 25.3 Å². The molecule has 0 radical (unpaired) electrons. The van der Waals surface area contributed by atoms with Gasteiger partial charge in [0.05, 0.1) is 4.92 Å². The maximum Gasteiger partial charge on any atom is 0.339 e. The second kappa shape index (κ2) is 7.73. The van der Waals surface area contributed by atoms with Crippen molar-refractivity contribution in [2.24, 2.45) is 0 Å². The van der Waals surface area contributed by atoms with Crippen molar-refractivity contribution in [1.29, 1.82) is 0 Å². The third-order valence-corrected chi connectivity index (χ3v) is 4.32. The minimum absolute atomic E-state index is 0.196. The van der Waals surface area contributed by atoms with Crippen molar-refractivity contribution in [2.75, 3.05) is 0 Å². The van der Waals surface area contributed by atoms with Crippen LogP contribution in [0.1, 0.15) is 12.5 Å². The molecule has 1 aromatic heterocycles. The number of halogens is 2. The van der Waals surface area contributed by atoms with Gasteiger partial charge in [-0.2, -0.15) is 0 Å². The molecule has 0 aliphatic heterocycles. The number of aromatic nitrogens is 1. The third kappa shape index (κ3) is 4.07. The molecule has 0 N–H and O–H groups in total. The second-order valence-electron chi connectivity index (χ2n) is 5.63. The molecule has 0 aliphatic rings. The molecule has 0 amide bonds. The number of hydrogen-bond donors (Lipinski definition) is 0. The Labute approximate surface area is 164 Å². The van der Waals surface area contributed by atoms with Gasteiger partial charge in [-0.3, -0.25) is 15.1 Å². The van der Waals surface area contributed by atoms with Gasteiger partial charge in [0, 0.05) is 33.3 Å². The largest absolute Gasteiger partial charge is 0.413 e. The summed E-state index contributed by atoms with van der Waals surface area (Å²) in [4.78, 5) is 27.3. The van der Waals surface area contributed by atoms with E-state index in [0.717, 1.165) is 0 Å². The van der Waals surface area contributed by atoms with Gasteiger partial charge in [0.2, 0.25) is 5.75 Å². The molecular formula is C19H12Cl2N2O4. The number of rotatable bonds is 4. The van der Waals surface area contributed by atoms with E-state index in [4.69, 9.17) is 27.9 Å². The molecule has 0 aliphatic carbocycles. The second-order valence-corrected chi connectivity index (χ2v) is 6.47. The average molecular weight is 403 g/mol. The molecule has 0 saturated carbocycles. The lowest BCUT2D eigenvalue weighted by molar-refractivity contribution is -0.385. The van der Waals surface area contributed by atoms with E-state index in [2.05, 4.69) is 4.98 Å². The topological polar surface area (TPSA) is 82.3 Å². The van der Waals surface area contributed by atoms with Crippen LogP contribution in [0, 0.1) is 10.1 Å². The number of nitro groups is 1. The molecule has 0 saturated heterocycles. The highest BCUT2D eigenvalue weighted by Gasteiger charge is 2.23. The molecule has 1 heterocycles. The maximum atomic E-state index is 12.5. The van der Waals surface area contributed by atoms with Gasteiger partial charge in [0.15, 0.2) is 0 Å². The van der Waals surface area contributed by atoms with E-state index in [-0.39, 0.29) is 22.5 Å². The number of carbonyl (C=O) groups is 1. The summed E-state index contributed by atoms with van der Waals surface area (Å²) in [5, 5.41) is 12.8. The number of ether oxygens (including phenoxy) is 1. The van der Waals surface area contributed by atoms with E-state index in [1.54, 1.807) is 36.4 Å². The van der Waals surface area contributed by atoms with Crippen LogP contribution in [0.15, 0.2) is 54.2 Å². The van der Waals surface area contributed by atoms with Gasteiger partial charge < -0.3 is 4.74 Å². The Morgan fingerprint density at radius 1 is 1.22 bits per heavy atom. The van der Waals surface area contributed by atoms with Gasteiger partial charge in [-0.05, 0) is 42.8 Å². The molecular weight excluding hydrogens is 391 g/mol. The van der Waals surface area contributed by atoms with Crippen molar-refractivity contribution in [2.45, 2.75) is 6.92 Å². The van der Waals surface area contributed by atoms with E-state index in [9.17, 15) is 14.9 Å². The number of benzene rings is 2. The molecule has 3 rings (SSSR count). The maximum absolute atomic E-state index is 12.5. The summed E-state index contributed by atoms with van der Waals surface area (Å²) in [5.74, 6) is -0.944. The average Bonchev–Trinajstić information content (AvgIpc) is 2.63. The SMILES string of the molecule is C/C(=C\c1ccc(Cl)cc1Cl)C(=O)Oc1c([N+](=O)[O-])ccc2cccnc12. The fraction of sp³-hybridized carbons (Fsp3) is 0.0526. The van der Waals surface area contributed by atoms with E-state index in [0.29, 0.717) is 21.0 Å². The monoisotopic (exact) mass is 402 g/mol. The number of esters is 1. The zero-order valence-corrected chi connectivity index (χ0v) is 15.5. The summed E-state index contributed by atoms with van der Waals surface area (Å²) in [6.45, 7) is 1.53. The van der Waals surface area contributed by atoms with E-state index < -0.39 is 10.9 Å². The summed E-state index contributed by atoms with van der Waals surface area (Å²) < 4.78 is 5.34. The predicted octanol–water partition coefficient (Wildman–Crippen LogP) is 5.46. The molecule has 27 heavy (non-hydrogen) atoms. The van der Waals surface area contributed by atoms with Crippen LogP contribution in [-0.2, 0) is 4.79 Å². The Kier molecular flexibility index (Phi) is 5.39. The summed E-state index contributed by atoms with van der Waals surface area (Å²) in [6, 6.07) is 11.1. The van der Waals surface area contributed by atoms with Crippen LogP contribution < -0.4 is 4.74 Å². The first-order chi connectivity index (χ1) is 12.9. The first-order valence-electron chi connectivity index (χ1n) is 7.74. The van der Waals surface area contributed by atoms with Crippen LogP contribution in [-0.4, -0.2) is 15.9 Å². The number of nitrogens with zero attached hydrogens (tertiary/aromatic N) is 2. The van der Waals surface area contributed by atoms with E-state index in [1.807, 2.05) is 0 Å². The molecule has 6 nitrogen and oxygen atoms in total. The highest BCUT2D eigenvalue weighted by Crippen LogP contribution is 2.34. The van der Waals surface area contributed by atoms with Crippen molar-refractivity contribution >= 4 is 51.8 Å². The Hall–Kier alpha value is -2.96. The lowest BCUT2D eigenvalue weighted by Crippen LogP contribution is -2.11. The van der Waals surface area contributed by atoms with Crippen molar-refractivity contribution < 1.29 is 14.5 Å². The number of pyridine rings is 1. The van der Waals surface area contributed by atoms with Gasteiger partial charge in [0.25, 0.3) is 0 Å². The standard InChI is InChI=1S/C19H12Cl2N2O4/c1-11(9-13-4-6-14(20)10-15(13)21)19(24)27-18-16(23(25)26)7-5-12-3-2-8-22-17(12)18/h2-10H,1H3/b11-9+. The summed E-state index contributed by atoms with van der Waals surface area (Å²) in [7, 11) is 0. The lowest BCUT2D eigenvalue weighted by Gasteiger charge is -2.08. The fourth-order valence-electron chi connectivity index (χ4n) is 2.44. The van der Waals surface area contributed by atoms with Gasteiger partial charge in [-0.15, -0.1) is 0 Å². The van der Waals surface area contributed by atoms with Crippen LogP contribution in [0.2, 0.25) is 10.0 Å². The highest BCUT2D eigenvalue weighted by molar-refractivity contribution is 6.35. The van der Waals surface area contributed by atoms with Crippen LogP contribution in [0.25, 0.3) is 17.0 Å². The number of hydrogen-bond acceptors (Lipinski definition) is 5. The zero-order chi connectivity index (χ0) is 19.6. The Balaban J connectivity index is 1.99. The van der Waals surface area contributed by atoms with Gasteiger partial charge in [0.1, 0.15) is 5.52 Å². The lowest BCUT2D eigenvalue weighted by atomic mass is 10.1.